The zero-order valence-corrected chi connectivity index (χ0v) is 24.4. The summed E-state index contributed by atoms with van der Waals surface area (Å²) < 4.78 is 26.4. The van der Waals surface area contributed by atoms with Crippen LogP contribution in [0.4, 0.5) is 0 Å². The Hall–Kier alpha value is -3.56. The molecule has 0 fully saturated rings. The Balaban J connectivity index is 1.56. The molecule has 2 N–H and O–H groups in total. The lowest BCUT2D eigenvalue weighted by Gasteiger charge is -2.19. The lowest BCUT2D eigenvalue weighted by atomic mass is 9.92. The van der Waals surface area contributed by atoms with E-state index in [0.29, 0.717) is 28.7 Å². The van der Waals surface area contributed by atoms with Gasteiger partial charge in [0.2, 0.25) is 0 Å². The first kappa shape index (κ1) is 26.7. The highest BCUT2D eigenvalue weighted by atomic mass is 79.9. The van der Waals surface area contributed by atoms with Gasteiger partial charge in [0.05, 0.1) is 13.2 Å². The number of ether oxygens (including phenoxy) is 4. The fourth-order valence-electron chi connectivity index (χ4n) is 4.70. The van der Waals surface area contributed by atoms with Gasteiger partial charge in [-0.25, -0.2) is 0 Å². The number of aliphatic hydroxyl groups is 2. The third-order valence-electron chi connectivity index (χ3n) is 6.46. The molecule has 0 aliphatic carbocycles. The van der Waals surface area contributed by atoms with E-state index < -0.39 is 0 Å². The van der Waals surface area contributed by atoms with E-state index in [4.69, 9.17) is 24.1 Å². The van der Waals surface area contributed by atoms with Crippen LogP contribution in [0, 0.1) is 0 Å². The van der Waals surface area contributed by atoms with Gasteiger partial charge in [0.15, 0.2) is 0 Å². The van der Waals surface area contributed by atoms with Gasteiger partial charge in [-0.15, -0.1) is 0 Å². The van der Waals surface area contributed by atoms with Crippen LogP contribution in [0.15, 0.2) is 75.7 Å². The molecule has 0 saturated heterocycles. The van der Waals surface area contributed by atoms with Gasteiger partial charge < -0.3 is 29.2 Å². The molecule has 2 heterocycles. The van der Waals surface area contributed by atoms with Gasteiger partial charge in [-0.3, -0.25) is 0 Å². The monoisotopic (exact) mass is 662 g/mol. The SMILES string of the molecule is OCCOc1ccc2c(c1)C=Cc1cc(OCCO)cc(C3=Cc4cc(Br)ccc4Oc4ccc(Br)cc43)c1O2. The van der Waals surface area contributed by atoms with E-state index in [-0.39, 0.29) is 26.4 Å². The Morgan fingerprint density at radius 3 is 2.05 bits per heavy atom. The number of benzene rings is 4. The first-order valence-corrected chi connectivity index (χ1v) is 14.3. The predicted molar refractivity (Wildman–Crippen MR) is 162 cm³/mol. The van der Waals surface area contributed by atoms with E-state index in [9.17, 15) is 5.11 Å². The van der Waals surface area contributed by atoms with Crippen LogP contribution in [0.25, 0.3) is 23.8 Å². The highest BCUT2D eigenvalue weighted by molar-refractivity contribution is 9.10. The van der Waals surface area contributed by atoms with Crippen molar-refractivity contribution in [1.29, 1.82) is 0 Å². The minimum atomic E-state index is -0.103. The van der Waals surface area contributed by atoms with Gasteiger partial charge in [-0.05, 0) is 78.4 Å². The van der Waals surface area contributed by atoms with Gasteiger partial charge in [0.1, 0.15) is 47.7 Å². The predicted octanol–water partition coefficient (Wildman–Crippen LogP) is 7.92. The molecule has 0 aromatic heterocycles. The zero-order valence-electron chi connectivity index (χ0n) is 21.2. The summed E-state index contributed by atoms with van der Waals surface area (Å²) in [4.78, 5) is 0. The van der Waals surface area contributed by atoms with Gasteiger partial charge in [0, 0.05) is 36.8 Å². The molecular formula is C32H24Br2O6. The van der Waals surface area contributed by atoms with Crippen LogP contribution >= 0.6 is 31.9 Å². The summed E-state index contributed by atoms with van der Waals surface area (Å²) in [6, 6.07) is 21.3. The molecule has 0 atom stereocenters. The van der Waals surface area contributed by atoms with Gasteiger partial charge in [0.25, 0.3) is 0 Å². The van der Waals surface area contributed by atoms with Crippen molar-refractivity contribution >= 4 is 55.7 Å². The van der Waals surface area contributed by atoms with E-state index in [0.717, 1.165) is 48.1 Å². The van der Waals surface area contributed by atoms with Crippen LogP contribution in [0.5, 0.6) is 34.5 Å². The van der Waals surface area contributed by atoms with E-state index in [1.54, 1.807) is 0 Å². The lowest BCUT2D eigenvalue weighted by Crippen LogP contribution is -2.04. The van der Waals surface area contributed by atoms with Crippen LogP contribution in [0.2, 0.25) is 0 Å². The van der Waals surface area contributed by atoms with E-state index in [2.05, 4.69) is 37.9 Å². The first-order chi connectivity index (χ1) is 19.5. The number of halogens is 2. The molecule has 0 unspecified atom stereocenters. The minimum Gasteiger partial charge on any atom is -0.491 e. The van der Waals surface area contributed by atoms with Crippen molar-refractivity contribution in [2.24, 2.45) is 0 Å². The standard InChI is InChI=1S/C32H24Br2O6/c33-22-3-6-30-21(13-22)16-26(27-17-23(34)4-7-31(27)39-30)28-18-25(38-12-10-36)15-20-2-1-19-14-24(37-11-9-35)5-8-29(19)40-32(20)28/h1-8,13-18,35-36H,9-12H2. The Morgan fingerprint density at radius 1 is 0.600 bits per heavy atom. The van der Waals surface area contributed by atoms with Gasteiger partial charge >= 0.3 is 0 Å². The van der Waals surface area contributed by atoms with E-state index >= 15 is 0 Å². The summed E-state index contributed by atoms with van der Waals surface area (Å²) in [6.45, 7) is 0.205. The van der Waals surface area contributed by atoms with Crippen LogP contribution < -0.4 is 18.9 Å². The van der Waals surface area contributed by atoms with Crippen LogP contribution in [-0.2, 0) is 0 Å². The van der Waals surface area contributed by atoms with E-state index in [1.807, 2.05) is 78.9 Å². The third-order valence-corrected chi connectivity index (χ3v) is 7.45. The second kappa shape index (κ2) is 11.5. The molecule has 0 spiro atoms. The maximum Gasteiger partial charge on any atom is 0.142 e. The van der Waals surface area contributed by atoms with Crippen molar-refractivity contribution in [2.75, 3.05) is 26.4 Å². The summed E-state index contributed by atoms with van der Waals surface area (Å²) >= 11 is 7.23. The summed E-state index contributed by atoms with van der Waals surface area (Å²) in [5.74, 6) is 4.02. The molecule has 40 heavy (non-hydrogen) atoms. The van der Waals surface area contributed by atoms with Crippen molar-refractivity contribution < 1.29 is 29.2 Å². The number of aliphatic hydroxyl groups excluding tert-OH is 2. The van der Waals surface area contributed by atoms with Crippen molar-refractivity contribution in [3.05, 3.63) is 103 Å². The molecule has 2 aliphatic rings. The highest BCUT2D eigenvalue weighted by Gasteiger charge is 2.25. The van der Waals surface area contributed by atoms with E-state index in [1.165, 1.54) is 0 Å². The number of hydrogen-bond acceptors (Lipinski definition) is 6. The number of fused-ring (bicyclic) bond motifs is 4. The quantitative estimate of drug-likeness (QED) is 0.181. The summed E-state index contributed by atoms with van der Waals surface area (Å²) in [5.41, 5.74) is 5.14. The summed E-state index contributed by atoms with van der Waals surface area (Å²) in [7, 11) is 0. The fraction of sp³-hybridized carbons (Fsp3) is 0.125. The average Bonchev–Trinajstić information content (AvgIpc) is 3.24. The van der Waals surface area contributed by atoms with Crippen molar-refractivity contribution in [2.45, 2.75) is 0 Å². The molecular weight excluding hydrogens is 640 g/mol. The molecule has 0 bridgehead atoms. The number of hydrogen-bond donors (Lipinski definition) is 2. The van der Waals surface area contributed by atoms with Crippen molar-refractivity contribution in [3.63, 3.8) is 0 Å². The van der Waals surface area contributed by atoms with Crippen LogP contribution in [0.3, 0.4) is 0 Å². The topological polar surface area (TPSA) is 77.4 Å². The second-order valence-electron chi connectivity index (χ2n) is 9.15. The van der Waals surface area contributed by atoms with Crippen LogP contribution in [0.1, 0.15) is 27.8 Å². The Morgan fingerprint density at radius 2 is 1.25 bits per heavy atom. The summed E-state index contributed by atoms with van der Waals surface area (Å²) in [5, 5.41) is 18.6. The van der Waals surface area contributed by atoms with Crippen LogP contribution in [-0.4, -0.2) is 36.6 Å². The fourth-order valence-corrected chi connectivity index (χ4v) is 5.44. The van der Waals surface area contributed by atoms with Gasteiger partial charge in [-0.2, -0.15) is 0 Å². The normalized spacial score (nSPS) is 12.8. The molecule has 0 amide bonds. The second-order valence-corrected chi connectivity index (χ2v) is 11.0. The molecule has 6 nitrogen and oxygen atoms in total. The molecule has 0 saturated carbocycles. The molecule has 4 aromatic carbocycles. The maximum atomic E-state index is 9.44. The van der Waals surface area contributed by atoms with Crippen molar-refractivity contribution in [1.82, 2.24) is 0 Å². The molecule has 202 valence electrons. The summed E-state index contributed by atoms with van der Waals surface area (Å²) in [6.07, 6.45) is 6.04. The Labute approximate surface area is 248 Å². The molecule has 4 aromatic rings. The maximum absolute atomic E-state index is 9.44. The third kappa shape index (κ3) is 5.40. The average molecular weight is 664 g/mol. The first-order valence-electron chi connectivity index (χ1n) is 12.7. The Kier molecular flexibility index (Phi) is 7.67. The molecule has 8 heteroatoms. The Bertz CT molecular complexity index is 1660. The highest BCUT2D eigenvalue weighted by Crippen LogP contribution is 2.48. The van der Waals surface area contributed by atoms with Gasteiger partial charge in [-0.1, -0.05) is 44.0 Å². The molecule has 2 aliphatic heterocycles. The molecule has 6 rings (SSSR count). The minimum absolute atomic E-state index is 0.0645. The lowest BCUT2D eigenvalue weighted by molar-refractivity contribution is 0.201. The largest absolute Gasteiger partial charge is 0.491 e. The van der Waals surface area contributed by atoms with Crippen molar-refractivity contribution in [3.8, 4) is 34.5 Å². The smallest absolute Gasteiger partial charge is 0.142 e. The number of rotatable bonds is 7. The molecule has 0 radical (unpaired) electrons. The zero-order chi connectivity index (χ0) is 27.6.